The van der Waals surface area contributed by atoms with Gasteiger partial charge in [0.05, 0.1) is 0 Å². The number of amides is 4. The van der Waals surface area contributed by atoms with E-state index in [1.807, 2.05) is 25.1 Å². The number of nitrogens with zero attached hydrogens (tertiary/aromatic N) is 3. The number of imide groups is 1. The second-order valence-electron chi connectivity index (χ2n) is 6.24. The average molecular weight is 330 g/mol. The Morgan fingerprint density at radius 1 is 1.29 bits per heavy atom. The number of urea groups is 1. The van der Waals surface area contributed by atoms with Crippen molar-refractivity contribution in [2.45, 2.75) is 38.1 Å². The van der Waals surface area contributed by atoms with Crippen LogP contribution in [0.25, 0.3) is 0 Å². The standard InChI is InChI=1S/C17H22N4O3/c1-2-21-16(24)19-15(23)17(21)8-11-20(12-9-17)14(22)7-6-13-5-3-4-10-18-13/h3-5,10H,2,6-9,11-12H2,1H3,(H,19,23,24). The minimum absolute atomic E-state index is 0.0725. The van der Waals surface area contributed by atoms with Gasteiger partial charge in [0.15, 0.2) is 0 Å². The number of aryl methyl sites for hydroxylation is 1. The molecule has 7 heteroatoms. The lowest BCUT2D eigenvalue weighted by Gasteiger charge is -2.41. The summed E-state index contributed by atoms with van der Waals surface area (Å²) in [5.41, 5.74) is 0.126. The molecule has 0 atom stereocenters. The molecule has 1 spiro atoms. The van der Waals surface area contributed by atoms with Crippen molar-refractivity contribution < 1.29 is 14.4 Å². The number of hydrogen-bond acceptors (Lipinski definition) is 4. The molecular weight excluding hydrogens is 308 g/mol. The van der Waals surface area contributed by atoms with E-state index < -0.39 is 5.54 Å². The highest BCUT2D eigenvalue weighted by Crippen LogP contribution is 2.33. The molecule has 2 aliphatic rings. The minimum Gasteiger partial charge on any atom is -0.342 e. The van der Waals surface area contributed by atoms with Crippen molar-refractivity contribution in [1.82, 2.24) is 20.1 Å². The van der Waals surface area contributed by atoms with Gasteiger partial charge in [-0.05, 0) is 38.3 Å². The molecule has 128 valence electrons. The quantitative estimate of drug-likeness (QED) is 0.833. The lowest BCUT2D eigenvalue weighted by Crippen LogP contribution is -2.57. The van der Waals surface area contributed by atoms with Crippen LogP contribution in [0.5, 0.6) is 0 Å². The third kappa shape index (κ3) is 2.86. The molecule has 2 saturated heterocycles. The lowest BCUT2D eigenvalue weighted by molar-refractivity contribution is -0.138. The number of hydrogen-bond donors (Lipinski definition) is 1. The van der Waals surface area contributed by atoms with Gasteiger partial charge >= 0.3 is 6.03 Å². The Hall–Kier alpha value is -2.44. The van der Waals surface area contributed by atoms with E-state index >= 15 is 0 Å². The number of aromatic nitrogens is 1. The van der Waals surface area contributed by atoms with E-state index in [4.69, 9.17) is 0 Å². The molecule has 0 aliphatic carbocycles. The molecule has 24 heavy (non-hydrogen) atoms. The molecule has 2 aliphatic heterocycles. The number of carbonyl (C=O) groups excluding carboxylic acids is 3. The zero-order valence-corrected chi connectivity index (χ0v) is 13.8. The van der Waals surface area contributed by atoms with Crippen LogP contribution < -0.4 is 5.32 Å². The van der Waals surface area contributed by atoms with Gasteiger partial charge in [-0.25, -0.2) is 4.79 Å². The zero-order chi connectivity index (χ0) is 17.2. The van der Waals surface area contributed by atoms with Crippen LogP contribution in [0.15, 0.2) is 24.4 Å². The van der Waals surface area contributed by atoms with E-state index in [-0.39, 0.29) is 17.8 Å². The predicted octanol–water partition coefficient (Wildman–Crippen LogP) is 0.947. The molecule has 4 amide bonds. The normalized spacial score (nSPS) is 19.7. The van der Waals surface area contributed by atoms with Gasteiger partial charge in [0, 0.05) is 37.9 Å². The summed E-state index contributed by atoms with van der Waals surface area (Å²) in [6.07, 6.45) is 3.73. The summed E-state index contributed by atoms with van der Waals surface area (Å²) >= 11 is 0. The van der Waals surface area contributed by atoms with Gasteiger partial charge in [0.25, 0.3) is 5.91 Å². The first-order valence-corrected chi connectivity index (χ1v) is 8.37. The molecule has 0 radical (unpaired) electrons. The Kier molecular flexibility index (Phi) is 4.51. The molecule has 3 heterocycles. The third-order valence-corrected chi connectivity index (χ3v) is 4.99. The van der Waals surface area contributed by atoms with E-state index in [9.17, 15) is 14.4 Å². The van der Waals surface area contributed by atoms with Crippen LogP contribution in [-0.2, 0) is 16.0 Å². The summed E-state index contributed by atoms with van der Waals surface area (Å²) in [7, 11) is 0. The fourth-order valence-electron chi connectivity index (χ4n) is 3.61. The Labute approximate surface area is 141 Å². The summed E-state index contributed by atoms with van der Waals surface area (Å²) in [4.78, 5) is 44.1. The van der Waals surface area contributed by atoms with E-state index in [0.29, 0.717) is 45.3 Å². The maximum Gasteiger partial charge on any atom is 0.325 e. The van der Waals surface area contributed by atoms with Crippen molar-refractivity contribution in [2.75, 3.05) is 19.6 Å². The smallest absolute Gasteiger partial charge is 0.325 e. The zero-order valence-electron chi connectivity index (χ0n) is 13.8. The van der Waals surface area contributed by atoms with Gasteiger partial charge in [0.2, 0.25) is 5.91 Å². The number of rotatable bonds is 4. The molecule has 0 unspecified atom stereocenters. The van der Waals surface area contributed by atoms with Crippen molar-refractivity contribution in [2.24, 2.45) is 0 Å². The van der Waals surface area contributed by atoms with Crippen LogP contribution in [-0.4, -0.2) is 57.8 Å². The number of pyridine rings is 1. The molecule has 2 fully saturated rings. The van der Waals surface area contributed by atoms with Crippen molar-refractivity contribution in [3.63, 3.8) is 0 Å². The van der Waals surface area contributed by atoms with Crippen LogP contribution in [0.2, 0.25) is 0 Å². The first-order valence-electron chi connectivity index (χ1n) is 8.37. The molecule has 1 aromatic rings. The van der Waals surface area contributed by atoms with Gasteiger partial charge in [-0.15, -0.1) is 0 Å². The molecule has 0 saturated carbocycles. The van der Waals surface area contributed by atoms with Gasteiger partial charge < -0.3 is 9.80 Å². The molecule has 0 aromatic carbocycles. The summed E-state index contributed by atoms with van der Waals surface area (Å²) in [5.74, 6) is -0.154. The fraction of sp³-hybridized carbons (Fsp3) is 0.529. The molecular formula is C17H22N4O3. The van der Waals surface area contributed by atoms with Crippen LogP contribution in [0, 0.1) is 0 Å². The predicted molar refractivity (Wildman–Crippen MR) is 87.0 cm³/mol. The molecule has 1 N–H and O–H groups in total. The molecule has 7 nitrogen and oxygen atoms in total. The Morgan fingerprint density at radius 3 is 2.67 bits per heavy atom. The monoisotopic (exact) mass is 330 g/mol. The fourth-order valence-corrected chi connectivity index (χ4v) is 3.61. The van der Waals surface area contributed by atoms with Crippen molar-refractivity contribution >= 4 is 17.8 Å². The Balaban J connectivity index is 1.57. The number of likely N-dealkylation sites (N-methyl/N-ethyl adjacent to an activating group) is 1. The van der Waals surface area contributed by atoms with Crippen LogP contribution in [0.3, 0.4) is 0 Å². The summed E-state index contributed by atoms with van der Waals surface area (Å²) in [6, 6.07) is 5.35. The summed E-state index contributed by atoms with van der Waals surface area (Å²) in [6.45, 7) is 3.35. The second kappa shape index (κ2) is 6.59. The highest BCUT2D eigenvalue weighted by Gasteiger charge is 2.53. The van der Waals surface area contributed by atoms with Crippen molar-refractivity contribution in [3.8, 4) is 0 Å². The Bertz CT molecular complexity index is 638. The van der Waals surface area contributed by atoms with E-state index in [2.05, 4.69) is 10.3 Å². The van der Waals surface area contributed by atoms with Crippen LogP contribution in [0.1, 0.15) is 31.9 Å². The van der Waals surface area contributed by atoms with Gasteiger partial charge in [0.1, 0.15) is 5.54 Å². The summed E-state index contributed by atoms with van der Waals surface area (Å²) in [5, 5.41) is 2.41. The molecule has 3 rings (SSSR count). The second-order valence-corrected chi connectivity index (χ2v) is 6.24. The molecule has 1 aromatic heterocycles. The van der Waals surface area contributed by atoms with E-state index in [0.717, 1.165) is 5.69 Å². The van der Waals surface area contributed by atoms with Gasteiger partial charge in [-0.3, -0.25) is 19.9 Å². The first-order chi connectivity index (χ1) is 11.6. The van der Waals surface area contributed by atoms with Gasteiger partial charge in [-0.1, -0.05) is 6.07 Å². The maximum absolute atomic E-state index is 12.4. The highest BCUT2D eigenvalue weighted by atomic mass is 16.2. The van der Waals surface area contributed by atoms with Gasteiger partial charge in [-0.2, -0.15) is 0 Å². The average Bonchev–Trinajstić information content (AvgIpc) is 2.83. The van der Waals surface area contributed by atoms with E-state index in [1.54, 1.807) is 16.0 Å². The van der Waals surface area contributed by atoms with Crippen molar-refractivity contribution in [1.29, 1.82) is 0 Å². The SMILES string of the molecule is CCN1C(=O)NC(=O)C12CCN(C(=O)CCc1ccccn1)CC2. The summed E-state index contributed by atoms with van der Waals surface area (Å²) < 4.78 is 0. The third-order valence-electron chi connectivity index (χ3n) is 4.99. The number of nitrogens with one attached hydrogen (secondary N) is 1. The number of carbonyl (C=O) groups is 3. The Morgan fingerprint density at radius 2 is 2.04 bits per heavy atom. The molecule has 0 bridgehead atoms. The van der Waals surface area contributed by atoms with Crippen LogP contribution in [0.4, 0.5) is 4.79 Å². The number of likely N-dealkylation sites (tertiary alicyclic amines) is 1. The minimum atomic E-state index is -0.774. The first kappa shape index (κ1) is 16.4. The maximum atomic E-state index is 12.4. The lowest BCUT2D eigenvalue weighted by atomic mass is 9.86. The van der Waals surface area contributed by atoms with E-state index in [1.165, 1.54) is 0 Å². The number of piperidine rings is 1. The largest absolute Gasteiger partial charge is 0.342 e. The van der Waals surface area contributed by atoms with Crippen molar-refractivity contribution in [3.05, 3.63) is 30.1 Å². The highest BCUT2D eigenvalue weighted by molar-refractivity contribution is 6.07. The van der Waals surface area contributed by atoms with Crippen LogP contribution >= 0.6 is 0 Å². The topological polar surface area (TPSA) is 82.6 Å².